The molecule has 0 bridgehead atoms. The Morgan fingerprint density at radius 3 is 2.78 bits per heavy atom. The highest BCUT2D eigenvalue weighted by Crippen LogP contribution is 2.22. The van der Waals surface area contributed by atoms with Crippen LogP contribution >= 0.6 is 0 Å². The number of hydrogen-bond acceptors (Lipinski definition) is 3. The second-order valence-corrected chi connectivity index (χ2v) is 5.87. The summed E-state index contributed by atoms with van der Waals surface area (Å²) >= 11 is 0. The summed E-state index contributed by atoms with van der Waals surface area (Å²) in [6, 6.07) is 15.7. The van der Waals surface area contributed by atoms with Gasteiger partial charge in [0.1, 0.15) is 12.4 Å². The fourth-order valence-electron chi connectivity index (χ4n) is 2.77. The molecule has 0 aliphatic carbocycles. The average Bonchev–Trinajstić information content (AvgIpc) is 3.11. The van der Waals surface area contributed by atoms with Crippen molar-refractivity contribution in [2.45, 2.75) is 20.0 Å². The predicted octanol–water partition coefficient (Wildman–Crippen LogP) is 3.12. The summed E-state index contributed by atoms with van der Waals surface area (Å²) in [5, 5.41) is 6.28. The van der Waals surface area contributed by atoms with Crippen LogP contribution in [0.15, 0.2) is 48.5 Å². The lowest BCUT2D eigenvalue weighted by atomic mass is 10.1. The van der Waals surface area contributed by atoms with Gasteiger partial charge in [-0.1, -0.05) is 30.3 Å². The van der Waals surface area contributed by atoms with Gasteiger partial charge in [0.25, 0.3) is 0 Å². The quantitative estimate of drug-likeness (QED) is 0.892. The zero-order valence-electron chi connectivity index (χ0n) is 13.3. The molecule has 0 radical (unpaired) electrons. The number of anilines is 1. The third-order valence-corrected chi connectivity index (χ3v) is 4.27. The van der Waals surface area contributed by atoms with Crippen LogP contribution in [0.4, 0.5) is 5.69 Å². The van der Waals surface area contributed by atoms with Crippen molar-refractivity contribution in [1.29, 1.82) is 0 Å². The molecule has 1 aliphatic rings. The molecule has 1 atom stereocenters. The lowest BCUT2D eigenvalue weighted by Gasteiger charge is -2.15. The van der Waals surface area contributed by atoms with Crippen LogP contribution in [0.1, 0.15) is 17.5 Å². The van der Waals surface area contributed by atoms with E-state index >= 15 is 0 Å². The van der Waals surface area contributed by atoms with Crippen molar-refractivity contribution in [3.8, 4) is 5.75 Å². The predicted molar refractivity (Wildman–Crippen MR) is 91.6 cm³/mol. The molecule has 1 saturated heterocycles. The second-order valence-electron chi connectivity index (χ2n) is 5.87. The summed E-state index contributed by atoms with van der Waals surface area (Å²) in [7, 11) is 0. The molecule has 0 spiro atoms. The van der Waals surface area contributed by atoms with E-state index in [0.29, 0.717) is 6.61 Å². The molecule has 4 heteroatoms. The number of hydrogen-bond donors (Lipinski definition) is 2. The minimum Gasteiger partial charge on any atom is -0.489 e. The number of nitrogens with one attached hydrogen (secondary N) is 2. The number of rotatable bonds is 5. The molecule has 1 heterocycles. The first-order valence-corrected chi connectivity index (χ1v) is 8.02. The van der Waals surface area contributed by atoms with Gasteiger partial charge in [-0.2, -0.15) is 0 Å². The van der Waals surface area contributed by atoms with E-state index in [0.717, 1.165) is 42.1 Å². The van der Waals surface area contributed by atoms with Gasteiger partial charge in [0.2, 0.25) is 5.91 Å². The van der Waals surface area contributed by atoms with E-state index in [2.05, 4.69) is 10.6 Å². The molecule has 0 aromatic heterocycles. The number of amides is 1. The smallest absolute Gasteiger partial charge is 0.228 e. The van der Waals surface area contributed by atoms with E-state index in [-0.39, 0.29) is 11.8 Å². The molecule has 0 saturated carbocycles. The SMILES string of the molecule is Cc1c(COc2ccccc2)cccc1NC(=O)C1CCNC1. The van der Waals surface area contributed by atoms with Crippen molar-refractivity contribution in [3.05, 3.63) is 59.7 Å². The molecule has 2 aromatic carbocycles. The number of benzene rings is 2. The molecule has 3 rings (SSSR count). The van der Waals surface area contributed by atoms with Gasteiger partial charge in [-0.3, -0.25) is 4.79 Å². The van der Waals surface area contributed by atoms with Crippen molar-refractivity contribution >= 4 is 11.6 Å². The summed E-state index contributed by atoms with van der Waals surface area (Å²) in [6.07, 6.45) is 0.904. The van der Waals surface area contributed by atoms with Crippen molar-refractivity contribution in [1.82, 2.24) is 5.32 Å². The maximum absolute atomic E-state index is 12.3. The van der Waals surface area contributed by atoms with E-state index in [1.807, 2.05) is 55.5 Å². The van der Waals surface area contributed by atoms with E-state index in [1.54, 1.807) is 0 Å². The Morgan fingerprint density at radius 2 is 2.04 bits per heavy atom. The zero-order valence-corrected chi connectivity index (χ0v) is 13.3. The Morgan fingerprint density at radius 1 is 1.22 bits per heavy atom. The van der Waals surface area contributed by atoms with Gasteiger partial charge in [-0.05, 0) is 49.2 Å². The topological polar surface area (TPSA) is 50.4 Å². The van der Waals surface area contributed by atoms with Gasteiger partial charge >= 0.3 is 0 Å². The monoisotopic (exact) mass is 310 g/mol. The first-order chi connectivity index (χ1) is 11.2. The third kappa shape index (κ3) is 3.90. The Labute approximate surface area is 136 Å². The first-order valence-electron chi connectivity index (χ1n) is 8.02. The van der Waals surface area contributed by atoms with Crippen molar-refractivity contribution < 1.29 is 9.53 Å². The fourth-order valence-corrected chi connectivity index (χ4v) is 2.77. The maximum Gasteiger partial charge on any atom is 0.228 e. The number of ether oxygens (including phenoxy) is 1. The lowest BCUT2D eigenvalue weighted by molar-refractivity contribution is -0.119. The Bertz CT molecular complexity index is 664. The molecule has 1 aliphatic heterocycles. The molecule has 120 valence electrons. The number of para-hydroxylation sites is 1. The average molecular weight is 310 g/mol. The minimum atomic E-state index is 0.0682. The van der Waals surface area contributed by atoms with E-state index in [9.17, 15) is 4.79 Å². The molecule has 2 N–H and O–H groups in total. The Kier molecular flexibility index (Phi) is 4.93. The Balaban J connectivity index is 1.66. The van der Waals surface area contributed by atoms with Gasteiger partial charge in [-0.25, -0.2) is 0 Å². The van der Waals surface area contributed by atoms with Crippen LogP contribution < -0.4 is 15.4 Å². The summed E-state index contributed by atoms with van der Waals surface area (Å²) < 4.78 is 5.81. The van der Waals surface area contributed by atoms with Gasteiger partial charge in [0.05, 0.1) is 5.92 Å². The van der Waals surface area contributed by atoms with Crippen molar-refractivity contribution in [3.63, 3.8) is 0 Å². The maximum atomic E-state index is 12.3. The van der Waals surface area contributed by atoms with E-state index in [1.165, 1.54) is 0 Å². The van der Waals surface area contributed by atoms with Crippen LogP contribution in [-0.2, 0) is 11.4 Å². The molecule has 1 amide bonds. The summed E-state index contributed by atoms with van der Waals surface area (Å²) in [4.78, 5) is 12.3. The van der Waals surface area contributed by atoms with Crippen LogP contribution in [0.3, 0.4) is 0 Å². The van der Waals surface area contributed by atoms with Gasteiger partial charge < -0.3 is 15.4 Å². The Hall–Kier alpha value is -2.33. The van der Waals surface area contributed by atoms with Crippen molar-refractivity contribution in [2.24, 2.45) is 5.92 Å². The van der Waals surface area contributed by atoms with Gasteiger partial charge in [0.15, 0.2) is 0 Å². The number of carbonyl (C=O) groups is 1. The van der Waals surface area contributed by atoms with Crippen molar-refractivity contribution in [2.75, 3.05) is 18.4 Å². The summed E-state index contributed by atoms with van der Waals surface area (Å²) in [5.74, 6) is 1.01. The highest BCUT2D eigenvalue weighted by atomic mass is 16.5. The van der Waals surface area contributed by atoms with Crippen LogP contribution in [0, 0.1) is 12.8 Å². The van der Waals surface area contributed by atoms with Crippen LogP contribution in [-0.4, -0.2) is 19.0 Å². The lowest BCUT2D eigenvalue weighted by Crippen LogP contribution is -2.25. The highest BCUT2D eigenvalue weighted by molar-refractivity contribution is 5.93. The van der Waals surface area contributed by atoms with E-state index < -0.39 is 0 Å². The molecule has 1 unspecified atom stereocenters. The molecule has 4 nitrogen and oxygen atoms in total. The standard InChI is InChI=1S/C19H22N2O2/c1-14-16(13-23-17-7-3-2-4-8-17)6-5-9-18(14)21-19(22)15-10-11-20-12-15/h2-9,15,20H,10-13H2,1H3,(H,21,22). The molecule has 2 aromatic rings. The second kappa shape index (κ2) is 7.29. The van der Waals surface area contributed by atoms with Crippen LogP contribution in [0.2, 0.25) is 0 Å². The normalized spacial score (nSPS) is 17.0. The fraction of sp³-hybridized carbons (Fsp3) is 0.316. The number of carbonyl (C=O) groups excluding carboxylic acids is 1. The summed E-state index contributed by atoms with van der Waals surface area (Å²) in [5.41, 5.74) is 3.01. The molecule has 1 fully saturated rings. The van der Waals surface area contributed by atoms with Crippen LogP contribution in [0.25, 0.3) is 0 Å². The first kappa shape index (κ1) is 15.6. The summed E-state index contributed by atoms with van der Waals surface area (Å²) in [6.45, 7) is 4.19. The van der Waals surface area contributed by atoms with E-state index in [4.69, 9.17) is 4.74 Å². The molecular formula is C19H22N2O2. The van der Waals surface area contributed by atoms with Gasteiger partial charge in [-0.15, -0.1) is 0 Å². The molecular weight excluding hydrogens is 288 g/mol. The largest absolute Gasteiger partial charge is 0.489 e. The highest BCUT2D eigenvalue weighted by Gasteiger charge is 2.22. The minimum absolute atomic E-state index is 0.0682. The van der Waals surface area contributed by atoms with Gasteiger partial charge in [0, 0.05) is 12.2 Å². The van der Waals surface area contributed by atoms with Crippen LogP contribution in [0.5, 0.6) is 5.75 Å². The third-order valence-electron chi connectivity index (χ3n) is 4.27. The zero-order chi connectivity index (χ0) is 16.1. The molecule has 23 heavy (non-hydrogen) atoms.